The van der Waals surface area contributed by atoms with E-state index in [-0.39, 0.29) is 43.3 Å². The van der Waals surface area contributed by atoms with E-state index in [1.807, 2.05) is 0 Å². The van der Waals surface area contributed by atoms with E-state index in [0.29, 0.717) is 0 Å². The van der Waals surface area contributed by atoms with Gasteiger partial charge in [-0.3, -0.25) is 0 Å². The highest BCUT2D eigenvalue weighted by molar-refractivity contribution is 6.74. The molecule has 0 fully saturated rings. The van der Waals surface area contributed by atoms with Gasteiger partial charge in [0.05, 0.1) is 0 Å². The molecule has 6 aliphatic rings. The van der Waals surface area contributed by atoms with Crippen molar-refractivity contribution in [1.29, 1.82) is 0 Å². The third-order valence-electron chi connectivity index (χ3n) is 21.2. The number of benzene rings is 7. The summed E-state index contributed by atoms with van der Waals surface area (Å²) >= 11 is 0. The van der Waals surface area contributed by atoms with E-state index in [4.69, 9.17) is 0 Å². The van der Waals surface area contributed by atoms with E-state index in [2.05, 4.69) is 244 Å². The number of anilines is 5. The minimum atomic E-state index is -0.277. The third kappa shape index (κ3) is 6.91. The van der Waals surface area contributed by atoms with Crippen molar-refractivity contribution in [3.63, 3.8) is 0 Å². The molecule has 0 unspecified atom stereocenters. The number of rotatable bonds is 4. The van der Waals surface area contributed by atoms with Gasteiger partial charge < -0.3 is 10.2 Å². The molecule has 2 nitrogen and oxygen atoms in total. The Hall–Kier alpha value is -5.80. The average Bonchev–Trinajstić information content (AvgIpc) is 3.88. The van der Waals surface area contributed by atoms with Crippen LogP contribution in [0.1, 0.15) is 211 Å². The first kappa shape index (κ1) is 49.8. The Morgan fingerprint density at radius 1 is 0.368 bits per heavy atom. The van der Waals surface area contributed by atoms with Gasteiger partial charge in [-0.05, 0) is 215 Å². The van der Waals surface area contributed by atoms with Gasteiger partial charge in [-0.2, -0.15) is 0 Å². The lowest BCUT2D eigenvalue weighted by molar-refractivity contribution is 0.332. The Morgan fingerprint density at radius 2 is 0.855 bits per heavy atom. The van der Waals surface area contributed by atoms with E-state index in [1.54, 1.807) is 0 Å². The molecule has 0 amide bonds. The molecule has 0 saturated carbocycles. The van der Waals surface area contributed by atoms with E-state index in [9.17, 15) is 0 Å². The second kappa shape index (κ2) is 15.7. The van der Waals surface area contributed by atoms with Crippen molar-refractivity contribution in [2.24, 2.45) is 0 Å². The van der Waals surface area contributed by atoms with Crippen LogP contribution >= 0.6 is 0 Å². The summed E-state index contributed by atoms with van der Waals surface area (Å²) in [6.45, 7) is 42.0. The molecule has 13 rings (SSSR count). The Balaban J connectivity index is 1.16. The second-order valence-corrected chi connectivity index (χ2v) is 29.7. The van der Waals surface area contributed by atoms with Crippen LogP contribution in [0, 0.1) is 6.92 Å². The number of nitrogens with one attached hydrogen (secondary N) is 1. The van der Waals surface area contributed by atoms with Crippen LogP contribution < -0.4 is 21.1 Å². The van der Waals surface area contributed by atoms with E-state index < -0.39 is 0 Å². The maximum absolute atomic E-state index is 4.27. The van der Waals surface area contributed by atoms with Crippen molar-refractivity contribution in [1.82, 2.24) is 0 Å². The predicted molar refractivity (Wildman–Crippen MR) is 327 cm³/mol. The smallest absolute Gasteiger partial charge is 0.198 e. The minimum absolute atomic E-state index is 0.00470. The first-order valence-corrected chi connectivity index (χ1v) is 29.1. The molecular weight excluding hydrogens is 916 g/mol. The van der Waals surface area contributed by atoms with Crippen molar-refractivity contribution in [2.45, 2.75) is 200 Å². The average molecular weight is 998 g/mol. The maximum atomic E-state index is 4.27. The molecule has 1 radical (unpaired) electrons. The second-order valence-electron chi connectivity index (χ2n) is 29.7. The van der Waals surface area contributed by atoms with Crippen molar-refractivity contribution < 1.29 is 0 Å². The van der Waals surface area contributed by atoms with Gasteiger partial charge in [-0.25, -0.2) is 0 Å². The molecule has 7 aromatic rings. The molecule has 1 heterocycles. The van der Waals surface area contributed by atoms with E-state index in [0.717, 1.165) is 12.8 Å². The molecule has 387 valence electrons. The monoisotopic (exact) mass is 998 g/mol. The normalized spacial score (nSPS) is 21.0. The Morgan fingerprint density at radius 3 is 1.45 bits per heavy atom. The van der Waals surface area contributed by atoms with Gasteiger partial charge in [-0.1, -0.05) is 183 Å². The topological polar surface area (TPSA) is 15.3 Å². The van der Waals surface area contributed by atoms with Gasteiger partial charge in [0, 0.05) is 44.8 Å². The fourth-order valence-electron chi connectivity index (χ4n) is 16.0. The zero-order valence-electron chi connectivity index (χ0n) is 49.2. The van der Waals surface area contributed by atoms with E-state index >= 15 is 0 Å². The summed E-state index contributed by atoms with van der Waals surface area (Å²) in [6, 6.07) is 44.0. The Bertz CT molecular complexity index is 3680. The summed E-state index contributed by atoms with van der Waals surface area (Å²) in [6.07, 6.45) is 7.05. The summed E-state index contributed by atoms with van der Waals surface area (Å²) < 4.78 is 0. The first-order valence-electron chi connectivity index (χ1n) is 29.1. The molecule has 0 bridgehead atoms. The van der Waals surface area contributed by atoms with Crippen molar-refractivity contribution >= 4 is 46.6 Å². The quantitative estimate of drug-likeness (QED) is 0.177. The van der Waals surface area contributed by atoms with Crippen LogP contribution in [0.2, 0.25) is 0 Å². The lowest BCUT2D eigenvalue weighted by atomic mass is 9.53. The standard InChI is InChI=1S/C73H82BN2/c1-42-36-53-57(71(12,13)35-32-67(53,4)5)41-60(42)76-59-29-27-46-44-22-18-20-24-50(44)72(14,15)61(46)64(59)74-63-49(38-48-45-23-19-21-25-51(45)73(16,17)62(48)65(63)76)47-39-55-56(70(10,11)34-33-69(55,8)9)40-58(47)75-43-26-28-52-54(37-43)68(6,7)31-30-66(52,2)3/h18-29,36-41,75H,30-35H2,1-17H3. The van der Waals surface area contributed by atoms with E-state index in [1.165, 1.54) is 160 Å². The van der Waals surface area contributed by atoms with Gasteiger partial charge in [0.15, 0.2) is 7.28 Å². The summed E-state index contributed by atoms with van der Waals surface area (Å²) in [7, 11) is 2.67. The Labute approximate surface area is 457 Å². The summed E-state index contributed by atoms with van der Waals surface area (Å²) in [5.74, 6) is 0. The summed E-state index contributed by atoms with van der Waals surface area (Å²) in [5, 5.41) is 4.27. The SMILES string of the molecule is Cc1cc2c(cc1N1c3ccc4c(c3[B]c3c(-c5cc6c(cc5Nc5ccc7c(c5)C(C)(C)CCC7(C)C)C(C)(C)CCC6(C)C)cc5c(c31)C(C)(C)c1ccccc1-5)C(C)(C)c1ccccc1-4)C(C)(C)CCC2(C)C. The van der Waals surface area contributed by atoms with Gasteiger partial charge in [0.2, 0.25) is 0 Å². The predicted octanol–water partition coefficient (Wildman–Crippen LogP) is 18.5. The molecule has 0 saturated heterocycles. The molecule has 0 aromatic heterocycles. The van der Waals surface area contributed by atoms with Gasteiger partial charge in [-0.15, -0.1) is 0 Å². The zero-order valence-corrected chi connectivity index (χ0v) is 49.2. The fraction of sp³-hybridized carbons (Fsp3) is 0.425. The van der Waals surface area contributed by atoms with Gasteiger partial charge in [0.25, 0.3) is 0 Å². The number of nitrogens with zero attached hydrogens (tertiary/aromatic N) is 1. The van der Waals surface area contributed by atoms with Crippen LogP contribution in [0.15, 0.2) is 109 Å². The molecular formula is C73H82BN2. The molecule has 0 atom stereocenters. The molecule has 3 heteroatoms. The number of hydrogen-bond acceptors (Lipinski definition) is 2. The number of aryl methyl sites for hydroxylation is 1. The molecule has 0 spiro atoms. The zero-order chi connectivity index (χ0) is 53.8. The molecule has 5 aliphatic carbocycles. The maximum Gasteiger partial charge on any atom is 0.198 e. The largest absolute Gasteiger partial charge is 0.355 e. The van der Waals surface area contributed by atoms with Crippen molar-refractivity contribution in [3.05, 3.63) is 170 Å². The lowest BCUT2D eigenvalue weighted by Gasteiger charge is -2.45. The molecule has 1 aliphatic heterocycles. The number of hydrogen-bond donors (Lipinski definition) is 1. The molecule has 7 aromatic carbocycles. The Kier molecular flexibility index (Phi) is 10.3. The van der Waals surface area contributed by atoms with Crippen molar-refractivity contribution in [2.75, 3.05) is 10.2 Å². The van der Waals surface area contributed by atoms with Crippen LogP contribution in [-0.2, 0) is 43.3 Å². The first-order chi connectivity index (χ1) is 35.6. The van der Waals surface area contributed by atoms with Gasteiger partial charge >= 0.3 is 0 Å². The van der Waals surface area contributed by atoms with Crippen LogP contribution in [0.5, 0.6) is 0 Å². The lowest BCUT2D eigenvalue weighted by Crippen LogP contribution is -2.46. The minimum Gasteiger partial charge on any atom is -0.355 e. The summed E-state index contributed by atoms with van der Waals surface area (Å²) in [5.41, 5.74) is 32.7. The van der Waals surface area contributed by atoms with Crippen LogP contribution in [0.3, 0.4) is 0 Å². The highest BCUT2D eigenvalue weighted by Gasteiger charge is 2.48. The van der Waals surface area contributed by atoms with Gasteiger partial charge in [0.1, 0.15) is 0 Å². The third-order valence-corrected chi connectivity index (χ3v) is 21.2. The van der Waals surface area contributed by atoms with Crippen molar-refractivity contribution in [3.8, 4) is 33.4 Å². The molecule has 76 heavy (non-hydrogen) atoms. The fourth-order valence-corrected chi connectivity index (χ4v) is 16.0. The summed E-state index contributed by atoms with van der Waals surface area (Å²) in [4.78, 5) is 2.79. The van der Waals surface area contributed by atoms with Crippen LogP contribution in [-0.4, -0.2) is 7.28 Å². The molecule has 1 N–H and O–H groups in total. The number of fused-ring (bicyclic) bond motifs is 13. The highest BCUT2D eigenvalue weighted by atomic mass is 15.2. The van der Waals surface area contributed by atoms with Crippen LogP contribution in [0.4, 0.5) is 28.4 Å². The van der Waals surface area contributed by atoms with Crippen LogP contribution in [0.25, 0.3) is 33.4 Å². The highest BCUT2D eigenvalue weighted by Crippen LogP contribution is 2.60.